The van der Waals surface area contributed by atoms with Crippen molar-refractivity contribution < 1.29 is 26.3 Å². The second-order valence-electron chi connectivity index (χ2n) is 4.99. The highest BCUT2D eigenvalue weighted by Gasteiger charge is 2.36. The number of thiazole rings is 2. The molecule has 0 amide bonds. The second kappa shape index (κ2) is 8.03. The van der Waals surface area contributed by atoms with Crippen LogP contribution in [0.25, 0.3) is 20.7 Å². The van der Waals surface area contributed by atoms with Crippen LogP contribution in [0.3, 0.4) is 0 Å². The van der Waals surface area contributed by atoms with Crippen LogP contribution in [0.5, 0.6) is 0 Å². The van der Waals surface area contributed by atoms with Gasteiger partial charge in [0.25, 0.3) is 5.56 Å². The zero-order chi connectivity index (χ0) is 22.4. The fourth-order valence-electron chi connectivity index (χ4n) is 1.84. The van der Waals surface area contributed by atoms with Gasteiger partial charge in [0, 0.05) is 0 Å². The first-order valence-corrected chi connectivity index (χ1v) is 9.72. The third-order valence-electron chi connectivity index (χ3n) is 2.95. The van der Waals surface area contributed by atoms with Gasteiger partial charge in [0.2, 0.25) is 11.6 Å². The minimum Gasteiger partial charge on any atom is -0.302 e. The molecule has 0 aliphatic rings. The molecule has 0 unspecified atom stereocenters. The molecule has 0 aliphatic heterocycles. The van der Waals surface area contributed by atoms with Crippen molar-refractivity contribution in [2.75, 3.05) is 0 Å². The van der Waals surface area contributed by atoms with Crippen molar-refractivity contribution in [3.8, 4) is 0 Å². The molecule has 1 N–H and O–H groups in total. The largest absolute Gasteiger partial charge is 0.451 e. The lowest BCUT2D eigenvalue weighted by Gasteiger charge is -2.03. The van der Waals surface area contributed by atoms with Crippen LogP contribution in [0.2, 0.25) is 14.1 Å². The van der Waals surface area contributed by atoms with Gasteiger partial charge < -0.3 is 4.98 Å². The fraction of sp³-hybridized carbons (Fsp3) is 0.167. The van der Waals surface area contributed by atoms with Crippen LogP contribution in [-0.2, 0) is 12.4 Å². The number of aromatic nitrogens is 6. The summed E-state index contributed by atoms with van der Waals surface area (Å²) >= 11 is 18.2. The van der Waals surface area contributed by atoms with Gasteiger partial charge in [-0.15, -0.1) is 0 Å². The standard InChI is InChI=1S/C6Cl2F3N3S.C6HClF3N3OS/c7-2-1-3(14-5(8)15-1)13-4(12-2)6(9,10)11;7-5-12-2-1(15-5)3(14)13-4(11-2)6(8,9)10/h;(H,11,13,14). The molecule has 0 radical (unpaired) electrons. The normalized spacial score (nSPS) is 12.3. The van der Waals surface area contributed by atoms with E-state index in [0.29, 0.717) is 0 Å². The lowest BCUT2D eigenvalue weighted by molar-refractivity contribution is -0.145. The molecule has 160 valence electrons. The number of hydrogen-bond acceptors (Lipinski definition) is 8. The molecular weight excluding hydrogens is 529 g/mol. The molecule has 4 rings (SSSR count). The van der Waals surface area contributed by atoms with Crippen molar-refractivity contribution in [3.63, 3.8) is 0 Å². The van der Waals surface area contributed by atoms with Crippen molar-refractivity contribution in [2.45, 2.75) is 12.4 Å². The summed E-state index contributed by atoms with van der Waals surface area (Å²) < 4.78 is 73.7. The van der Waals surface area contributed by atoms with E-state index in [9.17, 15) is 31.1 Å². The highest BCUT2D eigenvalue weighted by Crippen LogP contribution is 2.33. The highest BCUT2D eigenvalue weighted by molar-refractivity contribution is 7.22. The third kappa shape index (κ3) is 4.91. The van der Waals surface area contributed by atoms with Crippen molar-refractivity contribution in [2.24, 2.45) is 0 Å². The molecule has 0 atom stereocenters. The first kappa shape index (κ1) is 22.9. The third-order valence-corrected chi connectivity index (χ3v) is 5.64. The first-order chi connectivity index (χ1) is 13.8. The Morgan fingerprint density at radius 3 is 1.80 bits per heavy atom. The summed E-state index contributed by atoms with van der Waals surface area (Å²) in [6, 6.07) is 0. The van der Waals surface area contributed by atoms with E-state index in [-0.39, 0.29) is 34.8 Å². The van der Waals surface area contributed by atoms with Gasteiger partial charge in [-0.1, -0.05) is 57.5 Å². The van der Waals surface area contributed by atoms with Crippen molar-refractivity contribution in [1.82, 2.24) is 29.9 Å². The molecule has 4 heterocycles. The van der Waals surface area contributed by atoms with Gasteiger partial charge in [0.15, 0.2) is 25.4 Å². The number of hydrogen-bond donors (Lipinski definition) is 1. The molecule has 30 heavy (non-hydrogen) atoms. The summed E-state index contributed by atoms with van der Waals surface area (Å²) in [6.45, 7) is 0. The van der Waals surface area contributed by atoms with Crippen LogP contribution in [0.4, 0.5) is 26.3 Å². The Bertz CT molecular complexity index is 1300. The van der Waals surface area contributed by atoms with Crippen LogP contribution in [0.15, 0.2) is 4.79 Å². The molecule has 0 spiro atoms. The summed E-state index contributed by atoms with van der Waals surface area (Å²) in [7, 11) is 0. The monoisotopic (exact) mass is 528 g/mol. The summed E-state index contributed by atoms with van der Waals surface area (Å²) in [6.07, 6.45) is -9.35. The molecule has 0 bridgehead atoms. The van der Waals surface area contributed by atoms with Crippen LogP contribution in [0, 0.1) is 0 Å². The van der Waals surface area contributed by atoms with E-state index in [4.69, 9.17) is 34.8 Å². The average Bonchev–Trinajstić information content (AvgIpc) is 3.15. The van der Waals surface area contributed by atoms with E-state index < -0.39 is 29.6 Å². The lowest BCUT2D eigenvalue weighted by Crippen LogP contribution is -2.18. The van der Waals surface area contributed by atoms with E-state index in [2.05, 4.69) is 24.9 Å². The Balaban J connectivity index is 0.000000171. The smallest absolute Gasteiger partial charge is 0.302 e. The Morgan fingerprint density at radius 1 is 0.733 bits per heavy atom. The number of aromatic amines is 1. The predicted molar refractivity (Wildman–Crippen MR) is 98.3 cm³/mol. The highest BCUT2D eigenvalue weighted by atomic mass is 35.5. The average molecular weight is 530 g/mol. The molecule has 0 aromatic carbocycles. The van der Waals surface area contributed by atoms with E-state index >= 15 is 0 Å². The topological polar surface area (TPSA) is 97.3 Å². The van der Waals surface area contributed by atoms with E-state index in [1.54, 1.807) is 4.98 Å². The number of rotatable bonds is 0. The maximum absolute atomic E-state index is 12.3. The van der Waals surface area contributed by atoms with Gasteiger partial charge in [-0.2, -0.15) is 26.3 Å². The zero-order valence-corrected chi connectivity index (χ0v) is 17.3. The molecule has 18 heteroatoms. The maximum atomic E-state index is 12.3. The summed E-state index contributed by atoms with van der Waals surface area (Å²) in [5.41, 5.74) is -1.32. The van der Waals surface area contributed by atoms with E-state index in [1.165, 1.54) is 0 Å². The Morgan fingerprint density at radius 2 is 1.27 bits per heavy atom. The van der Waals surface area contributed by atoms with Gasteiger partial charge in [-0.3, -0.25) is 4.79 Å². The van der Waals surface area contributed by atoms with Crippen LogP contribution in [-0.4, -0.2) is 29.9 Å². The van der Waals surface area contributed by atoms with Gasteiger partial charge in [0.05, 0.1) is 0 Å². The van der Waals surface area contributed by atoms with E-state index in [0.717, 1.165) is 22.7 Å². The molecule has 0 aliphatic carbocycles. The Hall–Kier alpha value is -1.81. The number of alkyl halides is 6. The predicted octanol–water partition coefficient (Wildman–Crippen LogP) is 5.46. The minimum atomic E-state index is -4.70. The molecule has 0 fully saturated rings. The number of nitrogens with one attached hydrogen (secondary N) is 1. The van der Waals surface area contributed by atoms with Gasteiger partial charge in [0.1, 0.15) is 9.40 Å². The SMILES string of the molecule is FC(F)(F)c1nc(Cl)c2sc(Cl)nc2n1.O=c1[nH]c(C(F)(F)F)nc2nc(Cl)sc12. The summed E-state index contributed by atoms with van der Waals surface area (Å²) in [4.78, 5) is 29.4. The molecule has 4 aromatic rings. The minimum absolute atomic E-state index is 0.0204. The molecule has 7 nitrogen and oxygen atoms in total. The maximum Gasteiger partial charge on any atom is 0.451 e. The molecule has 0 saturated heterocycles. The van der Waals surface area contributed by atoms with Gasteiger partial charge >= 0.3 is 12.4 Å². The lowest BCUT2D eigenvalue weighted by atomic mass is 10.5. The summed E-state index contributed by atoms with van der Waals surface area (Å²) in [5.74, 6) is -2.69. The van der Waals surface area contributed by atoms with Gasteiger partial charge in [-0.25, -0.2) is 24.9 Å². The molecule has 0 saturated carbocycles. The molecular formula is C12HCl3F6N6OS2. The van der Waals surface area contributed by atoms with Crippen molar-refractivity contribution >= 4 is 78.2 Å². The van der Waals surface area contributed by atoms with Crippen molar-refractivity contribution in [3.05, 3.63) is 36.1 Å². The van der Waals surface area contributed by atoms with E-state index in [1.807, 2.05) is 0 Å². The molecule has 4 aromatic heterocycles. The number of halogens is 9. The van der Waals surface area contributed by atoms with Gasteiger partial charge in [-0.05, 0) is 0 Å². The number of fused-ring (bicyclic) bond motifs is 2. The summed E-state index contributed by atoms with van der Waals surface area (Å²) in [5, 5.41) is -0.295. The quantitative estimate of drug-likeness (QED) is 0.240. The second-order valence-corrected chi connectivity index (χ2v) is 8.51. The number of H-pyrrole nitrogens is 1. The Labute approximate surface area is 182 Å². The number of nitrogens with zero attached hydrogens (tertiary/aromatic N) is 5. The van der Waals surface area contributed by atoms with Crippen molar-refractivity contribution in [1.29, 1.82) is 0 Å². The van der Waals surface area contributed by atoms with Crippen LogP contribution >= 0.6 is 57.5 Å². The zero-order valence-electron chi connectivity index (χ0n) is 13.4. The Kier molecular flexibility index (Phi) is 6.12. The van der Waals surface area contributed by atoms with Crippen LogP contribution < -0.4 is 5.56 Å². The fourth-order valence-corrected chi connectivity index (χ4v) is 3.98. The van der Waals surface area contributed by atoms with Crippen LogP contribution in [0.1, 0.15) is 11.6 Å². The first-order valence-electron chi connectivity index (χ1n) is 6.96.